The van der Waals surface area contributed by atoms with Gasteiger partial charge in [0, 0.05) is 11.6 Å². The number of para-hydroxylation sites is 1. The second-order valence-electron chi connectivity index (χ2n) is 5.79. The first-order valence-corrected chi connectivity index (χ1v) is 9.37. The van der Waals surface area contributed by atoms with Crippen LogP contribution in [0.2, 0.25) is 0 Å². The monoisotopic (exact) mass is 348 g/mol. The van der Waals surface area contributed by atoms with Gasteiger partial charge in [0.1, 0.15) is 0 Å². The van der Waals surface area contributed by atoms with Crippen LogP contribution >= 0.6 is 0 Å². The second kappa shape index (κ2) is 5.86. The Labute approximate surface area is 146 Å². The average Bonchev–Trinajstić information content (AvgIpc) is 2.97. The number of nitrogens with zero attached hydrogens (tertiary/aromatic N) is 2. The van der Waals surface area contributed by atoms with Crippen molar-refractivity contribution >= 4 is 20.9 Å². The van der Waals surface area contributed by atoms with Gasteiger partial charge in [-0.1, -0.05) is 42.5 Å². The van der Waals surface area contributed by atoms with Crippen LogP contribution in [0.1, 0.15) is 5.56 Å². The van der Waals surface area contributed by atoms with Gasteiger partial charge in [-0.15, -0.1) is 0 Å². The van der Waals surface area contributed by atoms with E-state index in [4.69, 9.17) is 0 Å². The van der Waals surface area contributed by atoms with Gasteiger partial charge in [-0.25, -0.2) is 12.4 Å². The summed E-state index contributed by atoms with van der Waals surface area (Å²) in [5.41, 5.74) is 2.79. The van der Waals surface area contributed by atoms with Gasteiger partial charge in [0.25, 0.3) is 10.0 Å². The van der Waals surface area contributed by atoms with Crippen LogP contribution in [0.3, 0.4) is 0 Å². The highest BCUT2D eigenvalue weighted by molar-refractivity contribution is 7.90. The largest absolute Gasteiger partial charge is 0.268 e. The van der Waals surface area contributed by atoms with Gasteiger partial charge in [-0.3, -0.25) is 4.98 Å². The molecule has 4 aromatic rings. The summed E-state index contributed by atoms with van der Waals surface area (Å²) in [7, 11) is -3.75. The third-order valence-electron chi connectivity index (χ3n) is 4.27. The maximum atomic E-state index is 13.4. The van der Waals surface area contributed by atoms with Crippen LogP contribution in [0.5, 0.6) is 0 Å². The summed E-state index contributed by atoms with van der Waals surface area (Å²) in [6.45, 7) is 1.93. The molecule has 0 saturated heterocycles. The van der Waals surface area contributed by atoms with Crippen molar-refractivity contribution < 1.29 is 8.42 Å². The Morgan fingerprint density at radius 2 is 1.52 bits per heavy atom. The maximum Gasteiger partial charge on any atom is 0.268 e. The predicted octanol–water partition coefficient (Wildman–Crippen LogP) is 4.25. The van der Waals surface area contributed by atoms with Gasteiger partial charge in [0.05, 0.1) is 21.8 Å². The summed E-state index contributed by atoms with van der Waals surface area (Å²) in [4.78, 5) is 4.64. The molecule has 2 heterocycles. The Hall–Kier alpha value is -2.92. The summed E-state index contributed by atoms with van der Waals surface area (Å²) >= 11 is 0. The molecule has 0 amide bonds. The summed E-state index contributed by atoms with van der Waals surface area (Å²) in [6.07, 6.45) is 1.67. The summed E-state index contributed by atoms with van der Waals surface area (Å²) in [5, 5.41) is 0.905. The van der Waals surface area contributed by atoms with E-state index in [9.17, 15) is 8.42 Å². The fraction of sp³-hybridized carbons (Fsp3) is 0.0500. The number of hydrogen-bond acceptors (Lipinski definition) is 3. The van der Waals surface area contributed by atoms with E-state index in [0.29, 0.717) is 16.9 Å². The van der Waals surface area contributed by atoms with Gasteiger partial charge >= 0.3 is 0 Å². The van der Waals surface area contributed by atoms with Crippen molar-refractivity contribution in [2.45, 2.75) is 11.8 Å². The van der Waals surface area contributed by atoms with Gasteiger partial charge in [-0.2, -0.15) is 0 Å². The molecule has 0 aliphatic rings. The third-order valence-corrected chi connectivity index (χ3v) is 6.00. The zero-order valence-electron chi connectivity index (χ0n) is 13.6. The minimum atomic E-state index is -3.75. The van der Waals surface area contributed by atoms with Crippen LogP contribution in [0, 0.1) is 6.92 Å². The standard InChI is InChI=1S/C20H16N2O2S/c1-15-17-11-5-6-13-19(17)22(20(15)18-12-7-8-14-21-18)25(23,24)16-9-3-2-4-10-16/h2-14H,1H3. The lowest BCUT2D eigenvalue weighted by atomic mass is 10.1. The minimum Gasteiger partial charge on any atom is -0.255 e. The van der Waals surface area contributed by atoms with Gasteiger partial charge in [0.2, 0.25) is 0 Å². The average molecular weight is 348 g/mol. The van der Waals surface area contributed by atoms with Gasteiger partial charge < -0.3 is 0 Å². The lowest BCUT2D eigenvalue weighted by molar-refractivity contribution is 0.589. The normalized spacial score (nSPS) is 11.7. The summed E-state index contributed by atoms with van der Waals surface area (Å²) in [6, 6.07) is 21.5. The van der Waals surface area contributed by atoms with Crippen molar-refractivity contribution in [3.05, 3.63) is 84.6 Å². The lowest BCUT2D eigenvalue weighted by Gasteiger charge is -2.12. The SMILES string of the molecule is Cc1c(-c2ccccn2)n(S(=O)(=O)c2ccccc2)c2ccccc12. The van der Waals surface area contributed by atoms with Crippen LogP contribution in [-0.2, 0) is 10.0 Å². The smallest absolute Gasteiger partial charge is 0.255 e. The van der Waals surface area contributed by atoms with Crippen LogP contribution in [0.4, 0.5) is 0 Å². The molecule has 0 spiro atoms. The number of hydrogen-bond donors (Lipinski definition) is 0. The van der Waals surface area contributed by atoms with E-state index in [-0.39, 0.29) is 4.90 Å². The highest BCUT2D eigenvalue weighted by atomic mass is 32.2. The molecule has 0 N–H and O–H groups in total. The molecule has 25 heavy (non-hydrogen) atoms. The predicted molar refractivity (Wildman–Crippen MR) is 98.9 cm³/mol. The highest BCUT2D eigenvalue weighted by Gasteiger charge is 2.26. The molecule has 0 fully saturated rings. The van der Waals surface area contributed by atoms with Crippen molar-refractivity contribution in [2.24, 2.45) is 0 Å². The van der Waals surface area contributed by atoms with Crippen molar-refractivity contribution in [3.8, 4) is 11.4 Å². The van der Waals surface area contributed by atoms with E-state index < -0.39 is 10.0 Å². The Bertz CT molecular complexity index is 1150. The molecule has 0 aliphatic heterocycles. The second-order valence-corrected chi connectivity index (χ2v) is 7.57. The summed E-state index contributed by atoms with van der Waals surface area (Å²) in [5.74, 6) is 0. The maximum absolute atomic E-state index is 13.4. The Morgan fingerprint density at radius 3 is 2.24 bits per heavy atom. The van der Waals surface area contributed by atoms with E-state index in [1.807, 2.05) is 49.4 Å². The van der Waals surface area contributed by atoms with Crippen molar-refractivity contribution in [2.75, 3.05) is 0 Å². The fourth-order valence-corrected chi connectivity index (χ4v) is 4.72. The number of aryl methyl sites for hydroxylation is 1. The first-order valence-electron chi connectivity index (χ1n) is 7.93. The van der Waals surface area contributed by atoms with Gasteiger partial charge in [-0.05, 0) is 42.8 Å². The lowest BCUT2D eigenvalue weighted by Crippen LogP contribution is -2.14. The molecule has 4 rings (SSSR count). The topological polar surface area (TPSA) is 52.0 Å². The Balaban J connectivity index is 2.14. The molecule has 0 saturated carbocycles. The van der Waals surface area contributed by atoms with Crippen molar-refractivity contribution in [1.82, 2.24) is 8.96 Å². The molecule has 4 nitrogen and oxygen atoms in total. The Morgan fingerprint density at radius 1 is 0.840 bits per heavy atom. The van der Waals surface area contributed by atoms with Crippen LogP contribution in [0.25, 0.3) is 22.3 Å². The first kappa shape index (κ1) is 15.6. The molecular formula is C20H16N2O2S. The number of aromatic nitrogens is 2. The van der Waals surface area contributed by atoms with E-state index in [2.05, 4.69) is 4.98 Å². The Kier molecular flexibility index (Phi) is 3.66. The number of benzene rings is 2. The molecule has 0 radical (unpaired) electrons. The van der Waals surface area contributed by atoms with Gasteiger partial charge in [0.15, 0.2) is 0 Å². The molecule has 124 valence electrons. The molecule has 0 aliphatic carbocycles. The first-order chi connectivity index (χ1) is 12.1. The highest BCUT2D eigenvalue weighted by Crippen LogP contribution is 2.35. The quantitative estimate of drug-likeness (QED) is 0.556. The molecular weight excluding hydrogens is 332 g/mol. The molecule has 0 unspecified atom stereocenters. The zero-order valence-corrected chi connectivity index (χ0v) is 14.4. The van der Waals surface area contributed by atoms with E-state index >= 15 is 0 Å². The van der Waals surface area contributed by atoms with Crippen molar-refractivity contribution in [3.63, 3.8) is 0 Å². The van der Waals surface area contributed by atoms with E-state index in [1.165, 1.54) is 3.97 Å². The zero-order chi connectivity index (χ0) is 17.4. The van der Waals surface area contributed by atoms with Crippen LogP contribution in [-0.4, -0.2) is 17.4 Å². The third kappa shape index (κ3) is 2.44. The number of rotatable bonds is 3. The molecule has 2 aromatic carbocycles. The van der Waals surface area contributed by atoms with Crippen LogP contribution in [0.15, 0.2) is 83.9 Å². The number of fused-ring (bicyclic) bond motifs is 1. The van der Waals surface area contributed by atoms with E-state index in [1.54, 1.807) is 36.5 Å². The van der Waals surface area contributed by atoms with Crippen LogP contribution < -0.4 is 0 Å². The fourth-order valence-electron chi connectivity index (χ4n) is 3.11. The molecule has 2 aromatic heterocycles. The molecule has 5 heteroatoms. The number of pyridine rings is 1. The molecule has 0 atom stereocenters. The minimum absolute atomic E-state index is 0.257. The van der Waals surface area contributed by atoms with E-state index in [0.717, 1.165) is 10.9 Å². The summed E-state index contributed by atoms with van der Waals surface area (Å²) < 4.78 is 28.2. The molecule has 0 bridgehead atoms. The van der Waals surface area contributed by atoms with Crippen molar-refractivity contribution in [1.29, 1.82) is 0 Å².